The lowest BCUT2D eigenvalue weighted by atomic mass is 10.1. The minimum absolute atomic E-state index is 0.00982. The van der Waals surface area contributed by atoms with Gasteiger partial charge in [-0.3, -0.25) is 9.59 Å². The molecule has 1 N–H and O–H groups in total. The van der Waals surface area contributed by atoms with Crippen LogP contribution in [-0.4, -0.2) is 34.6 Å². The van der Waals surface area contributed by atoms with Crippen LogP contribution in [0.4, 0.5) is 0 Å². The maximum Gasteiger partial charge on any atom is 0.243 e. The Morgan fingerprint density at radius 1 is 1.06 bits per heavy atom. The highest BCUT2D eigenvalue weighted by molar-refractivity contribution is 7.99. The molecule has 5 heteroatoms. The Balaban J connectivity index is 1.71. The molecule has 0 aromatic heterocycles. The average Bonchev–Trinajstić information content (AvgIpc) is 3.28. The van der Waals surface area contributed by atoms with E-state index in [9.17, 15) is 9.59 Å². The summed E-state index contributed by atoms with van der Waals surface area (Å²) in [6, 6.07) is 18.1. The third-order valence-electron chi connectivity index (χ3n) is 6.03. The van der Waals surface area contributed by atoms with Crippen LogP contribution in [0.2, 0.25) is 0 Å². The lowest BCUT2D eigenvalue weighted by Gasteiger charge is -2.32. The van der Waals surface area contributed by atoms with Crippen LogP contribution in [-0.2, 0) is 21.9 Å². The molecule has 1 saturated carbocycles. The monoisotopic (exact) mass is 438 g/mol. The van der Waals surface area contributed by atoms with Gasteiger partial charge in [-0.2, -0.15) is 0 Å². The van der Waals surface area contributed by atoms with Crippen LogP contribution in [0, 0.1) is 6.92 Å². The number of amides is 2. The van der Waals surface area contributed by atoms with Crippen molar-refractivity contribution < 1.29 is 9.59 Å². The smallest absolute Gasteiger partial charge is 0.243 e. The number of hydrogen-bond acceptors (Lipinski definition) is 3. The van der Waals surface area contributed by atoms with Gasteiger partial charge in [-0.15, -0.1) is 11.8 Å². The molecule has 0 radical (unpaired) electrons. The van der Waals surface area contributed by atoms with Gasteiger partial charge in [-0.25, -0.2) is 0 Å². The third kappa shape index (κ3) is 6.86. The highest BCUT2D eigenvalue weighted by Gasteiger charge is 2.30. The summed E-state index contributed by atoms with van der Waals surface area (Å²) in [4.78, 5) is 28.2. The second kappa shape index (κ2) is 11.9. The Morgan fingerprint density at radius 2 is 1.74 bits per heavy atom. The van der Waals surface area contributed by atoms with Crippen molar-refractivity contribution in [1.82, 2.24) is 10.2 Å². The lowest BCUT2D eigenvalue weighted by molar-refractivity contribution is -0.139. The summed E-state index contributed by atoms with van der Waals surface area (Å²) >= 11 is 1.61. The first kappa shape index (κ1) is 23.4. The van der Waals surface area contributed by atoms with Crippen LogP contribution in [0.5, 0.6) is 0 Å². The first-order chi connectivity index (χ1) is 15.1. The van der Waals surface area contributed by atoms with E-state index < -0.39 is 6.04 Å². The van der Waals surface area contributed by atoms with E-state index in [2.05, 4.69) is 30.4 Å². The van der Waals surface area contributed by atoms with E-state index in [1.54, 1.807) is 16.7 Å². The van der Waals surface area contributed by atoms with Crippen molar-refractivity contribution >= 4 is 23.6 Å². The zero-order valence-corrected chi connectivity index (χ0v) is 19.5. The Kier molecular flexibility index (Phi) is 9.01. The van der Waals surface area contributed by atoms with Crippen molar-refractivity contribution in [2.75, 3.05) is 5.75 Å². The molecule has 3 rings (SSSR count). The van der Waals surface area contributed by atoms with Gasteiger partial charge in [0, 0.05) is 18.3 Å². The summed E-state index contributed by atoms with van der Waals surface area (Å²) in [7, 11) is 0. The Bertz CT molecular complexity index is 849. The summed E-state index contributed by atoms with van der Waals surface area (Å²) in [6.45, 7) is 4.52. The number of nitrogens with one attached hydrogen (secondary N) is 1. The Hall–Kier alpha value is -2.27. The highest BCUT2D eigenvalue weighted by atomic mass is 32.2. The molecule has 2 aromatic carbocycles. The van der Waals surface area contributed by atoms with Gasteiger partial charge in [0.15, 0.2) is 0 Å². The first-order valence-corrected chi connectivity index (χ1v) is 12.5. The molecule has 0 spiro atoms. The molecule has 1 aliphatic carbocycles. The van der Waals surface area contributed by atoms with Gasteiger partial charge < -0.3 is 10.2 Å². The molecule has 0 unspecified atom stereocenters. The van der Waals surface area contributed by atoms with Crippen LogP contribution < -0.4 is 5.32 Å². The fourth-order valence-electron chi connectivity index (χ4n) is 4.17. The maximum absolute atomic E-state index is 13.3. The van der Waals surface area contributed by atoms with Crippen molar-refractivity contribution in [3.8, 4) is 0 Å². The zero-order chi connectivity index (χ0) is 22.1. The molecule has 0 aliphatic heterocycles. The molecule has 31 heavy (non-hydrogen) atoms. The van der Waals surface area contributed by atoms with Crippen LogP contribution >= 0.6 is 11.8 Å². The van der Waals surface area contributed by atoms with Crippen LogP contribution in [0.15, 0.2) is 54.6 Å². The lowest BCUT2D eigenvalue weighted by Crippen LogP contribution is -2.51. The fraction of sp³-hybridized carbons (Fsp3) is 0.462. The van der Waals surface area contributed by atoms with Crippen molar-refractivity contribution in [2.24, 2.45) is 0 Å². The summed E-state index contributed by atoms with van der Waals surface area (Å²) in [5, 5.41) is 3.21. The van der Waals surface area contributed by atoms with Gasteiger partial charge in [-0.1, -0.05) is 74.4 Å². The predicted molar refractivity (Wildman–Crippen MR) is 129 cm³/mol. The average molecular weight is 439 g/mol. The summed E-state index contributed by atoms with van der Waals surface area (Å²) in [5.74, 6) is 1.17. The summed E-state index contributed by atoms with van der Waals surface area (Å²) < 4.78 is 0. The van der Waals surface area contributed by atoms with Crippen LogP contribution in [0.1, 0.15) is 55.7 Å². The molecule has 0 heterocycles. The van der Waals surface area contributed by atoms with E-state index in [0.717, 1.165) is 29.7 Å². The van der Waals surface area contributed by atoms with E-state index in [1.807, 2.05) is 43.3 Å². The van der Waals surface area contributed by atoms with Crippen molar-refractivity contribution in [1.29, 1.82) is 0 Å². The number of aryl methyl sites for hydroxylation is 1. The molecule has 2 aromatic rings. The van der Waals surface area contributed by atoms with E-state index >= 15 is 0 Å². The predicted octanol–water partition coefficient (Wildman–Crippen LogP) is 5.09. The summed E-state index contributed by atoms with van der Waals surface area (Å²) in [5.41, 5.74) is 3.44. The van der Waals surface area contributed by atoms with Crippen LogP contribution in [0.3, 0.4) is 0 Å². The number of hydrogen-bond donors (Lipinski definition) is 1. The van der Waals surface area contributed by atoms with E-state index in [4.69, 9.17) is 0 Å². The Labute approximate surface area is 190 Å². The summed E-state index contributed by atoms with van der Waals surface area (Å²) in [6.07, 6.45) is 5.04. The molecule has 166 valence electrons. The topological polar surface area (TPSA) is 49.4 Å². The largest absolute Gasteiger partial charge is 0.352 e. The van der Waals surface area contributed by atoms with Gasteiger partial charge in [0.2, 0.25) is 11.8 Å². The van der Waals surface area contributed by atoms with Crippen LogP contribution in [0.25, 0.3) is 0 Å². The molecule has 0 bridgehead atoms. The third-order valence-corrected chi connectivity index (χ3v) is 7.02. The van der Waals surface area contributed by atoms with Gasteiger partial charge in [0.25, 0.3) is 0 Å². The van der Waals surface area contributed by atoms with Gasteiger partial charge in [0.05, 0.1) is 5.75 Å². The van der Waals surface area contributed by atoms with E-state index in [0.29, 0.717) is 18.7 Å². The van der Waals surface area contributed by atoms with Gasteiger partial charge in [-0.05, 0) is 42.9 Å². The first-order valence-electron chi connectivity index (χ1n) is 11.3. The number of benzene rings is 2. The molecular weight excluding hydrogens is 404 g/mol. The Morgan fingerprint density at radius 3 is 2.42 bits per heavy atom. The van der Waals surface area contributed by atoms with Crippen molar-refractivity contribution in [3.63, 3.8) is 0 Å². The SMILES string of the molecule is CC[C@H](C(=O)NC1CCCC1)N(Cc1ccccc1C)C(=O)CSCc1ccccc1. The number of rotatable bonds is 10. The minimum atomic E-state index is -0.440. The molecule has 1 fully saturated rings. The second-order valence-corrected chi connectivity index (χ2v) is 9.33. The zero-order valence-electron chi connectivity index (χ0n) is 18.7. The number of carbonyl (C=O) groups is 2. The van der Waals surface area contributed by atoms with E-state index in [-0.39, 0.29) is 17.9 Å². The van der Waals surface area contributed by atoms with Gasteiger partial charge >= 0.3 is 0 Å². The quantitative estimate of drug-likeness (QED) is 0.562. The number of thioether (sulfide) groups is 1. The normalized spacial score (nSPS) is 14.9. The highest BCUT2D eigenvalue weighted by Crippen LogP contribution is 2.21. The molecular formula is C26H34N2O2S. The number of nitrogens with zero attached hydrogens (tertiary/aromatic N) is 1. The molecule has 1 atom stereocenters. The molecule has 2 amide bonds. The second-order valence-electron chi connectivity index (χ2n) is 8.34. The van der Waals surface area contributed by atoms with E-state index in [1.165, 1.54) is 18.4 Å². The molecule has 1 aliphatic rings. The van der Waals surface area contributed by atoms with Crippen molar-refractivity contribution in [2.45, 2.75) is 70.3 Å². The van der Waals surface area contributed by atoms with Gasteiger partial charge in [0.1, 0.15) is 6.04 Å². The maximum atomic E-state index is 13.3. The van der Waals surface area contributed by atoms with Crippen molar-refractivity contribution in [3.05, 3.63) is 71.3 Å². The molecule has 0 saturated heterocycles. The minimum Gasteiger partial charge on any atom is -0.352 e. The standard InChI is InChI=1S/C26H34N2O2S/c1-3-24(26(30)27-23-15-9-10-16-23)28(17-22-14-8-7-11-20(22)2)25(29)19-31-18-21-12-5-4-6-13-21/h4-8,11-14,23-24H,3,9-10,15-19H2,1-2H3,(H,27,30)/t24-/m1/s1. The number of carbonyl (C=O) groups excluding carboxylic acids is 2. The molecule has 4 nitrogen and oxygen atoms in total. The fourth-order valence-corrected chi connectivity index (χ4v) is 5.04.